The van der Waals surface area contributed by atoms with E-state index >= 15 is 0 Å². The van der Waals surface area contributed by atoms with Crippen molar-refractivity contribution >= 4 is 17.2 Å². The van der Waals surface area contributed by atoms with Crippen LogP contribution < -0.4 is 9.47 Å². The summed E-state index contributed by atoms with van der Waals surface area (Å²) in [5.74, 6) is 2.22. The van der Waals surface area contributed by atoms with E-state index < -0.39 is 0 Å². The maximum absolute atomic E-state index is 12.6. The number of carbonyl (C=O) groups is 1. The quantitative estimate of drug-likeness (QED) is 0.741. The van der Waals surface area contributed by atoms with Crippen LogP contribution in [0.4, 0.5) is 0 Å². The first-order chi connectivity index (χ1) is 12.7. The average molecular weight is 375 g/mol. The van der Waals surface area contributed by atoms with Crippen molar-refractivity contribution in [3.05, 3.63) is 40.3 Å². The molecule has 2 heterocycles. The summed E-state index contributed by atoms with van der Waals surface area (Å²) in [5, 5.41) is 0. The van der Waals surface area contributed by atoms with Crippen LogP contribution in [0.3, 0.4) is 0 Å². The molecule has 0 radical (unpaired) electrons. The number of thiazole rings is 1. The van der Waals surface area contributed by atoms with E-state index in [1.54, 1.807) is 18.4 Å². The van der Waals surface area contributed by atoms with Crippen molar-refractivity contribution in [3.8, 4) is 11.5 Å². The summed E-state index contributed by atoms with van der Waals surface area (Å²) in [6.45, 7) is 4.27. The Balaban J connectivity index is 1.47. The first-order valence-electron chi connectivity index (χ1n) is 9.09. The van der Waals surface area contributed by atoms with Crippen molar-refractivity contribution in [2.24, 2.45) is 5.92 Å². The van der Waals surface area contributed by atoms with E-state index in [-0.39, 0.29) is 5.91 Å². The Hall–Kier alpha value is -2.08. The molecular formula is C20H26N2O3S. The molecule has 0 spiro atoms. The van der Waals surface area contributed by atoms with Crippen molar-refractivity contribution in [1.29, 1.82) is 0 Å². The Morgan fingerprint density at radius 3 is 3.00 bits per heavy atom. The highest BCUT2D eigenvalue weighted by Gasteiger charge is 2.24. The molecule has 0 aliphatic carbocycles. The minimum Gasteiger partial charge on any atom is -0.497 e. The average Bonchev–Trinajstić information content (AvgIpc) is 3.09. The second-order valence-electron chi connectivity index (χ2n) is 6.70. The molecule has 1 saturated heterocycles. The predicted molar refractivity (Wildman–Crippen MR) is 103 cm³/mol. The van der Waals surface area contributed by atoms with Gasteiger partial charge in [-0.25, -0.2) is 4.98 Å². The van der Waals surface area contributed by atoms with Crippen molar-refractivity contribution < 1.29 is 14.3 Å². The molecule has 1 aliphatic rings. The van der Waals surface area contributed by atoms with Crippen LogP contribution in [0.5, 0.6) is 11.5 Å². The number of likely N-dealkylation sites (tertiary alicyclic amines) is 1. The van der Waals surface area contributed by atoms with Gasteiger partial charge in [-0.1, -0.05) is 6.07 Å². The van der Waals surface area contributed by atoms with Gasteiger partial charge < -0.3 is 14.4 Å². The van der Waals surface area contributed by atoms with Gasteiger partial charge in [0.05, 0.1) is 24.9 Å². The predicted octanol–water partition coefficient (Wildman–Crippen LogP) is 3.71. The Morgan fingerprint density at radius 2 is 2.23 bits per heavy atom. The van der Waals surface area contributed by atoms with E-state index in [0.29, 0.717) is 18.9 Å². The number of hydrogen-bond donors (Lipinski definition) is 0. The van der Waals surface area contributed by atoms with Crippen molar-refractivity contribution in [2.45, 2.75) is 32.6 Å². The smallest absolute Gasteiger partial charge is 0.222 e. The minimum atomic E-state index is 0.240. The summed E-state index contributed by atoms with van der Waals surface area (Å²) in [7, 11) is 1.65. The number of carbonyl (C=O) groups excluding carboxylic acids is 1. The molecule has 0 N–H and O–H groups in total. The largest absolute Gasteiger partial charge is 0.497 e. The van der Waals surface area contributed by atoms with Gasteiger partial charge in [-0.05, 0) is 38.3 Å². The first kappa shape index (κ1) is 18.7. The monoisotopic (exact) mass is 374 g/mol. The molecule has 1 aromatic carbocycles. The number of aromatic nitrogens is 1. The lowest BCUT2D eigenvalue weighted by Gasteiger charge is -2.32. The number of rotatable bonds is 7. The van der Waals surface area contributed by atoms with Gasteiger partial charge in [0.15, 0.2) is 0 Å². The minimum absolute atomic E-state index is 0.240. The zero-order chi connectivity index (χ0) is 18.4. The van der Waals surface area contributed by atoms with Gasteiger partial charge in [0.1, 0.15) is 11.5 Å². The topological polar surface area (TPSA) is 51.7 Å². The highest BCUT2D eigenvalue weighted by atomic mass is 32.1. The molecule has 0 saturated carbocycles. The molecule has 26 heavy (non-hydrogen) atoms. The zero-order valence-corrected chi connectivity index (χ0v) is 16.3. The zero-order valence-electron chi connectivity index (χ0n) is 15.4. The van der Waals surface area contributed by atoms with Crippen LogP contribution in [0.15, 0.2) is 29.8 Å². The van der Waals surface area contributed by atoms with Crippen molar-refractivity contribution in [1.82, 2.24) is 9.88 Å². The molecule has 0 bridgehead atoms. The number of piperidine rings is 1. The number of ether oxygens (including phenoxy) is 2. The summed E-state index contributed by atoms with van der Waals surface area (Å²) in [6.07, 6.45) is 3.49. The Bertz CT molecular complexity index is 731. The highest BCUT2D eigenvalue weighted by Crippen LogP contribution is 2.23. The van der Waals surface area contributed by atoms with Crippen LogP contribution in [0.2, 0.25) is 0 Å². The molecule has 1 amide bonds. The normalized spacial score (nSPS) is 17.2. The Kier molecular flexibility index (Phi) is 6.50. The van der Waals surface area contributed by atoms with Gasteiger partial charge in [-0.15, -0.1) is 11.3 Å². The lowest BCUT2D eigenvalue weighted by molar-refractivity contribution is -0.133. The third-order valence-electron chi connectivity index (χ3n) is 4.81. The van der Waals surface area contributed by atoms with E-state index in [1.807, 2.05) is 41.6 Å². The standard InChI is InChI=1S/C20H26N2O3S/c1-15-19(26-14-21-15)8-9-20(23)22-10-4-5-16(12-22)13-25-18-7-3-6-17(11-18)24-2/h3,6-7,11,14,16H,4-5,8-10,12-13H2,1-2H3/t16-/m0/s1. The SMILES string of the molecule is COc1cccc(OC[C@H]2CCCN(C(=O)CCc3scnc3C)C2)c1. The summed E-state index contributed by atoms with van der Waals surface area (Å²) in [4.78, 5) is 20.0. The Morgan fingerprint density at radius 1 is 1.38 bits per heavy atom. The number of hydrogen-bond acceptors (Lipinski definition) is 5. The van der Waals surface area contributed by atoms with E-state index in [2.05, 4.69) is 4.98 Å². The van der Waals surface area contributed by atoms with Crippen molar-refractivity contribution in [3.63, 3.8) is 0 Å². The number of aryl methyl sites for hydroxylation is 2. The summed E-state index contributed by atoms with van der Waals surface area (Å²) in [5.41, 5.74) is 2.90. The molecule has 5 nitrogen and oxygen atoms in total. The van der Waals surface area contributed by atoms with Gasteiger partial charge in [-0.2, -0.15) is 0 Å². The summed E-state index contributed by atoms with van der Waals surface area (Å²) in [6, 6.07) is 7.65. The number of benzene rings is 1. The molecule has 6 heteroatoms. The fourth-order valence-electron chi connectivity index (χ4n) is 3.28. The molecule has 1 fully saturated rings. The summed E-state index contributed by atoms with van der Waals surface area (Å²) < 4.78 is 11.2. The van der Waals surface area contributed by atoms with Crippen LogP contribution >= 0.6 is 11.3 Å². The van der Waals surface area contributed by atoms with Crippen LogP contribution in [-0.4, -0.2) is 42.6 Å². The molecule has 2 aromatic rings. The van der Waals surface area contributed by atoms with Crippen LogP contribution in [-0.2, 0) is 11.2 Å². The number of nitrogens with zero attached hydrogens (tertiary/aromatic N) is 2. The fraction of sp³-hybridized carbons (Fsp3) is 0.500. The molecular weight excluding hydrogens is 348 g/mol. The van der Waals surface area contributed by atoms with Gasteiger partial charge >= 0.3 is 0 Å². The van der Waals surface area contributed by atoms with E-state index in [1.165, 1.54) is 4.88 Å². The third kappa shape index (κ3) is 4.97. The maximum Gasteiger partial charge on any atom is 0.222 e. The number of methoxy groups -OCH3 is 1. The first-order valence-corrected chi connectivity index (χ1v) is 9.97. The van der Waals surface area contributed by atoms with Gasteiger partial charge in [0, 0.05) is 36.4 Å². The van der Waals surface area contributed by atoms with Crippen molar-refractivity contribution in [2.75, 3.05) is 26.8 Å². The fourth-order valence-corrected chi connectivity index (χ4v) is 4.06. The molecule has 140 valence electrons. The second kappa shape index (κ2) is 9.03. The molecule has 3 rings (SSSR count). The highest BCUT2D eigenvalue weighted by molar-refractivity contribution is 7.09. The van der Waals surface area contributed by atoms with Gasteiger partial charge in [-0.3, -0.25) is 4.79 Å². The van der Waals surface area contributed by atoms with Crippen LogP contribution in [0.25, 0.3) is 0 Å². The third-order valence-corrected chi connectivity index (χ3v) is 5.80. The van der Waals surface area contributed by atoms with E-state index in [9.17, 15) is 4.79 Å². The number of amides is 1. The van der Waals surface area contributed by atoms with Crippen LogP contribution in [0.1, 0.15) is 29.8 Å². The lowest BCUT2D eigenvalue weighted by atomic mass is 9.98. The maximum atomic E-state index is 12.6. The van der Waals surface area contributed by atoms with E-state index in [0.717, 1.165) is 49.5 Å². The second-order valence-corrected chi connectivity index (χ2v) is 7.64. The molecule has 1 atom stereocenters. The molecule has 0 unspecified atom stereocenters. The Labute approximate surface area is 159 Å². The van der Waals surface area contributed by atoms with Crippen LogP contribution in [0, 0.1) is 12.8 Å². The van der Waals surface area contributed by atoms with Gasteiger partial charge in [0.25, 0.3) is 0 Å². The van der Waals surface area contributed by atoms with Gasteiger partial charge in [0.2, 0.25) is 5.91 Å². The molecule has 1 aliphatic heterocycles. The lowest BCUT2D eigenvalue weighted by Crippen LogP contribution is -2.41. The summed E-state index contributed by atoms with van der Waals surface area (Å²) >= 11 is 1.64. The molecule has 1 aromatic heterocycles. The van der Waals surface area contributed by atoms with E-state index in [4.69, 9.17) is 9.47 Å².